The predicted molar refractivity (Wildman–Crippen MR) is 142 cm³/mol. The van der Waals surface area contributed by atoms with Crippen molar-refractivity contribution in [2.45, 2.75) is 57.7 Å². The molecule has 0 radical (unpaired) electrons. The van der Waals surface area contributed by atoms with Gasteiger partial charge in [0.15, 0.2) is 0 Å². The number of carbonyl (C=O) groups excluding carboxylic acids is 1. The molecular formula is C25H33ClN5O6P. The number of hydrogen-bond acceptors (Lipinski definition) is 8. The molecule has 2 atom stereocenters. The number of phosphoric ester groups is 1. The summed E-state index contributed by atoms with van der Waals surface area (Å²) in [5, 5.41) is 6.85. The SMILES string of the molecule is CCOc1ccc(CNc2nc(N3CC4CC4C3)ncc2C(=O)NC2CCC(OP(=O)(O)O)CC2)cc1Cl. The van der Waals surface area contributed by atoms with Crippen molar-refractivity contribution in [3.8, 4) is 5.75 Å². The molecule has 5 rings (SSSR count). The lowest BCUT2D eigenvalue weighted by atomic mass is 9.93. The fraction of sp³-hybridized carbons (Fsp3) is 0.560. The Morgan fingerprint density at radius 1 is 1.21 bits per heavy atom. The molecule has 206 valence electrons. The molecule has 2 heterocycles. The summed E-state index contributed by atoms with van der Waals surface area (Å²) < 4.78 is 21.4. The maximum atomic E-state index is 13.3. The minimum absolute atomic E-state index is 0.137. The molecular weight excluding hydrogens is 533 g/mol. The number of piperidine rings is 1. The average Bonchev–Trinajstić information content (AvgIpc) is 3.49. The largest absolute Gasteiger partial charge is 0.492 e. The number of phosphoric acid groups is 1. The number of hydrogen-bond donors (Lipinski definition) is 4. The molecule has 1 amide bonds. The third kappa shape index (κ3) is 6.76. The molecule has 1 aromatic carbocycles. The number of fused-ring (bicyclic) bond motifs is 1. The topological polar surface area (TPSA) is 146 Å². The van der Waals surface area contributed by atoms with Crippen LogP contribution >= 0.6 is 19.4 Å². The highest BCUT2D eigenvalue weighted by Gasteiger charge is 2.46. The van der Waals surface area contributed by atoms with E-state index in [-0.39, 0.29) is 11.9 Å². The van der Waals surface area contributed by atoms with Crippen molar-refractivity contribution in [2.24, 2.45) is 11.8 Å². The van der Waals surface area contributed by atoms with Gasteiger partial charge in [-0.3, -0.25) is 9.32 Å². The predicted octanol–water partition coefficient (Wildman–Crippen LogP) is 3.75. The summed E-state index contributed by atoms with van der Waals surface area (Å²) in [5.74, 6) is 2.80. The Balaban J connectivity index is 1.27. The number of amides is 1. The Bertz CT molecular complexity index is 1210. The second-order valence-corrected chi connectivity index (χ2v) is 11.8. The highest BCUT2D eigenvalue weighted by atomic mass is 35.5. The monoisotopic (exact) mass is 565 g/mol. The van der Waals surface area contributed by atoms with Crippen molar-refractivity contribution in [2.75, 3.05) is 29.9 Å². The fourth-order valence-electron chi connectivity index (χ4n) is 5.27. The molecule has 13 heteroatoms. The van der Waals surface area contributed by atoms with Crippen LogP contribution in [0.15, 0.2) is 24.4 Å². The van der Waals surface area contributed by atoms with Gasteiger partial charge in [-0.25, -0.2) is 9.55 Å². The number of carbonyl (C=O) groups is 1. The van der Waals surface area contributed by atoms with E-state index in [1.807, 2.05) is 25.1 Å². The van der Waals surface area contributed by atoms with Gasteiger partial charge in [-0.15, -0.1) is 0 Å². The minimum Gasteiger partial charge on any atom is -0.492 e. The van der Waals surface area contributed by atoms with Crippen LogP contribution in [0.4, 0.5) is 11.8 Å². The van der Waals surface area contributed by atoms with Crippen molar-refractivity contribution >= 4 is 37.1 Å². The van der Waals surface area contributed by atoms with Gasteiger partial charge in [-0.2, -0.15) is 4.98 Å². The van der Waals surface area contributed by atoms with Crippen molar-refractivity contribution in [1.29, 1.82) is 0 Å². The van der Waals surface area contributed by atoms with E-state index in [2.05, 4.69) is 20.5 Å². The standard InChI is InChI=1S/C25H33ClN5O6P/c1-2-36-22-8-3-15(9-21(22)26)11-27-23-20(12-28-25(30-23)31-13-16-10-17(16)14-31)24(32)29-18-4-6-19(7-5-18)37-38(33,34)35/h3,8-9,12,16-19H,2,4-7,10-11,13-14H2,1H3,(H,29,32)(H,27,28,30)(H2,33,34,35). The Kier molecular flexibility index (Phi) is 8.11. The van der Waals surface area contributed by atoms with Crippen LogP contribution in [-0.4, -0.2) is 57.5 Å². The minimum atomic E-state index is -4.53. The lowest BCUT2D eigenvalue weighted by molar-refractivity contribution is 0.0820. The zero-order valence-electron chi connectivity index (χ0n) is 21.2. The highest BCUT2D eigenvalue weighted by molar-refractivity contribution is 7.46. The van der Waals surface area contributed by atoms with Crippen LogP contribution < -0.4 is 20.3 Å². The van der Waals surface area contributed by atoms with Crippen LogP contribution in [0.25, 0.3) is 0 Å². The van der Waals surface area contributed by atoms with Crippen LogP contribution in [0.2, 0.25) is 5.02 Å². The van der Waals surface area contributed by atoms with E-state index >= 15 is 0 Å². The van der Waals surface area contributed by atoms with E-state index in [0.717, 1.165) is 18.7 Å². The summed E-state index contributed by atoms with van der Waals surface area (Å²) in [6.07, 6.45) is 4.33. The molecule has 3 aliphatic rings. The third-order valence-electron chi connectivity index (χ3n) is 7.33. The van der Waals surface area contributed by atoms with E-state index in [1.165, 1.54) is 6.42 Å². The highest BCUT2D eigenvalue weighted by Crippen LogP contribution is 2.46. The molecule has 2 unspecified atom stereocenters. The number of aromatic nitrogens is 2. The van der Waals surface area contributed by atoms with Crippen LogP contribution in [0.3, 0.4) is 0 Å². The number of rotatable bonds is 10. The van der Waals surface area contributed by atoms with Crippen LogP contribution in [0, 0.1) is 11.8 Å². The number of ether oxygens (including phenoxy) is 1. The van der Waals surface area contributed by atoms with Crippen molar-refractivity contribution in [3.63, 3.8) is 0 Å². The number of nitrogens with one attached hydrogen (secondary N) is 2. The number of nitrogens with zero attached hydrogens (tertiary/aromatic N) is 3. The van der Waals surface area contributed by atoms with Gasteiger partial charge in [0, 0.05) is 31.9 Å². The smallest absolute Gasteiger partial charge is 0.469 e. The molecule has 2 saturated carbocycles. The quantitative estimate of drug-likeness (QED) is 0.314. The Hall–Kier alpha value is -2.43. The van der Waals surface area contributed by atoms with E-state index in [9.17, 15) is 9.36 Å². The lowest BCUT2D eigenvalue weighted by Gasteiger charge is -2.29. The number of anilines is 2. The van der Waals surface area contributed by atoms with Gasteiger partial charge in [-0.05, 0) is 68.6 Å². The summed E-state index contributed by atoms with van der Waals surface area (Å²) in [4.78, 5) is 42.8. The Morgan fingerprint density at radius 2 is 1.95 bits per heavy atom. The Morgan fingerprint density at radius 3 is 2.61 bits per heavy atom. The second-order valence-electron chi connectivity index (χ2n) is 10.2. The maximum absolute atomic E-state index is 13.3. The van der Waals surface area contributed by atoms with Crippen LogP contribution in [-0.2, 0) is 15.6 Å². The van der Waals surface area contributed by atoms with Crippen molar-refractivity contribution in [3.05, 3.63) is 40.5 Å². The molecule has 1 aromatic heterocycles. The maximum Gasteiger partial charge on any atom is 0.469 e. The summed E-state index contributed by atoms with van der Waals surface area (Å²) in [5.41, 5.74) is 1.25. The van der Waals surface area contributed by atoms with Gasteiger partial charge in [0.2, 0.25) is 5.95 Å². The van der Waals surface area contributed by atoms with Gasteiger partial charge >= 0.3 is 7.82 Å². The first-order valence-corrected chi connectivity index (χ1v) is 14.9. The van der Waals surface area contributed by atoms with E-state index < -0.39 is 13.9 Å². The molecule has 0 spiro atoms. The molecule has 4 N–H and O–H groups in total. The molecule has 11 nitrogen and oxygen atoms in total. The van der Waals surface area contributed by atoms with E-state index in [0.29, 0.717) is 78.8 Å². The zero-order valence-corrected chi connectivity index (χ0v) is 22.8. The fourth-order valence-corrected chi connectivity index (χ4v) is 6.13. The third-order valence-corrected chi connectivity index (χ3v) is 8.20. The molecule has 38 heavy (non-hydrogen) atoms. The first kappa shape index (κ1) is 27.1. The van der Waals surface area contributed by atoms with Gasteiger partial charge in [0.1, 0.15) is 17.1 Å². The van der Waals surface area contributed by atoms with Crippen molar-refractivity contribution < 1.29 is 28.4 Å². The van der Waals surface area contributed by atoms with E-state index in [1.54, 1.807) is 6.20 Å². The van der Waals surface area contributed by atoms with Crippen LogP contribution in [0.5, 0.6) is 5.75 Å². The van der Waals surface area contributed by atoms with Crippen LogP contribution in [0.1, 0.15) is 54.9 Å². The zero-order chi connectivity index (χ0) is 26.9. The molecule has 2 aliphatic carbocycles. The van der Waals surface area contributed by atoms with Gasteiger partial charge in [0.25, 0.3) is 5.91 Å². The number of halogens is 1. The molecule has 3 fully saturated rings. The summed E-state index contributed by atoms with van der Waals surface area (Å²) >= 11 is 6.35. The van der Waals surface area contributed by atoms with Gasteiger partial charge in [-0.1, -0.05) is 17.7 Å². The summed E-state index contributed by atoms with van der Waals surface area (Å²) in [7, 11) is -4.53. The molecule has 2 aromatic rings. The molecule has 1 aliphatic heterocycles. The lowest BCUT2D eigenvalue weighted by Crippen LogP contribution is -2.39. The van der Waals surface area contributed by atoms with Crippen molar-refractivity contribution in [1.82, 2.24) is 15.3 Å². The summed E-state index contributed by atoms with van der Waals surface area (Å²) in [6, 6.07) is 5.43. The first-order valence-electron chi connectivity index (χ1n) is 13.0. The van der Waals surface area contributed by atoms with Gasteiger partial charge < -0.3 is 30.1 Å². The molecule has 1 saturated heterocycles. The second kappa shape index (κ2) is 11.4. The number of benzene rings is 1. The summed E-state index contributed by atoms with van der Waals surface area (Å²) in [6.45, 7) is 4.69. The molecule has 0 bridgehead atoms. The first-order chi connectivity index (χ1) is 18.2. The average molecular weight is 566 g/mol. The van der Waals surface area contributed by atoms with E-state index in [4.69, 9.17) is 35.6 Å². The Labute approximate surface area is 226 Å². The van der Waals surface area contributed by atoms with Gasteiger partial charge in [0.05, 0.1) is 17.7 Å². The normalized spacial score (nSPS) is 24.6.